The van der Waals surface area contributed by atoms with Crippen LogP contribution in [-0.4, -0.2) is 25.1 Å². The second-order valence-corrected chi connectivity index (χ2v) is 5.87. The number of benzene rings is 1. The van der Waals surface area contributed by atoms with E-state index in [2.05, 4.69) is 15.4 Å². The lowest BCUT2D eigenvalue weighted by Crippen LogP contribution is -2.25. The first-order valence-corrected chi connectivity index (χ1v) is 8.10. The highest BCUT2D eigenvalue weighted by molar-refractivity contribution is 5.90. The van der Waals surface area contributed by atoms with Crippen molar-refractivity contribution in [2.24, 2.45) is 0 Å². The third-order valence-electron chi connectivity index (χ3n) is 4.17. The number of hydrogen-bond donors (Lipinski definition) is 1. The van der Waals surface area contributed by atoms with Gasteiger partial charge in [-0.2, -0.15) is 5.10 Å². The molecule has 0 fully saturated rings. The van der Waals surface area contributed by atoms with Crippen LogP contribution in [0.15, 0.2) is 53.7 Å². The van der Waals surface area contributed by atoms with Gasteiger partial charge in [0.15, 0.2) is 5.82 Å². The second kappa shape index (κ2) is 6.60. The van der Waals surface area contributed by atoms with Crippen LogP contribution < -0.4 is 10.9 Å². The van der Waals surface area contributed by atoms with Gasteiger partial charge in [-0.15, -0.1) is 0 Å². The van der Waals surface area contributed by atoms with Crippen LogP contribution in [0.5, 0.6) is 0 Å². The van der Waals surface area contributed by atoms with Crippen LogP contribution in [0.3, 0.4) is 0 Å². The molecule has 1 aromatic carbocycles. The number of fused-ring (bicyclic) bond motifs is 3. The molecule has 0 atom stereocenters. The van der Waals surface area contributed by atoms with Gasteiger partial charge < -0.3 is 9.88 Å². The molecule has 0 unspecified atom stereocenters. The molecule has 3 aromatic heterocycles. The molecule has 9 heteroatoms. The summed E-state index contributed by atoms with van der Waals surface area (Å²) in [7, 11) is 0. The Hall–Kier alpha value is -3.62. The van der Waals surface area contributed by atoms with Crippen LogP contribution in [0.25, 0.3) is 16.6 Å². The van der Waals surface area contributed by atoms with Crippen molar-refractivity contribution < 1.29 is 13.6 Å². The predicted octanol–water partition coefficient (Wildman–Crippen LogP) is 2.35. The maximum atomic E-state index is 13.7. The Morgan fingerprint density at radius 2 is 1.93 bits per heavy atom. The fourth-order valence-electron chi connectivity index (χ4n) is 2.92. The summed E-state index contributed by atoms with van der Waals surface area (Å²) in [6, 6.07) is 6.90. The minimum absolute atomic E-state index is 0.000989. The molecule has 7 nitrogen and oxygen atoms in total. The standard InChI is InChI=1S/C18H13F2N5O2/c19-11-1-2-14-16(9-11)24(18(27)15-4-7-22-25(14)15)8-5-17(26)23-13-3-6-21-10-12(13)20/h1-4,6-7,9-10H,5,8H2,(H,21,23,26). The van der Waals surface area contributed by atoms with Crippen molar-refractivity contribution in [3.05, 3.63) is 70.9 Å². The van der Waals surface area contributed by atoms with Gasteiger partial charge in [0, 0.05) is 19.2 Å². The van der Waals surface area contributed by atoms with Crippen molar-refractivity contribution in [2.45, 2.75) is 13.0 Å². The maximum Gasteiger partial charge on any atom is 0.277 e. The lowest BCUT2D eigenvalue weighted by atomic mass is 10.2. The third kappa shape index (κ3) is 3.03. The number of pyridine rings is 1. The van der Waals surface area contributed by atoms with Crippen molar-refractivity contribution in [2.75, 3.05) is 5.32 Å². The number of carbonyl (C=O) groups is 1. The number of anilines is 1. The quantitative estimate of drug-likeness (QED) is 0.599. The van der Waals surface area contributed by atoms with E-state index in [1.165, 1.54) is 45.7 Å². The maximum absolute atomic E-state index is 13.7. The van der Waals surface area contributed by atoms with E-state index in [1.807, 2.05) is 0 Å². The molecule has 0 saturated carbocycles. The third-order valence-corrected chi connectivity index (χ3v) is 4.17. The highest BCUT2D eigenvalue weighted by atomic mass is 19.1. The molecule has 0 spiro atoms. The molecular weight excluding hydrogens is 356 g/mol. The van der Waals surface area contributed by atoms with Gasteiger partial charge in [-0.05, 0) is 30.3 Å². The van der Waals surface area contributed by atoms with E-state index in [-0.39, 0.29) is 18.7 Å². The zero-order valence-corrected chi connectivity index (χ0v) is 13.9. The Bertz CT molecular complexity index is 1230. The normalized spacial score (nSPS) is 11.2. The van der Waals surface area contributed by atoms with Crippen LogP contribution in [0.2, 0.25) is 0 Å². The highest BCUT2D eigenvalue weighted by Crippen LogP contribution is 2.16. The smallest absolute Gasteiger partial charge is 0.277 e. The van der Waals surface area contributed by atoms with Crippen LogP contribution in [0.1, 0.15) is 6.42 Å². The average molecular weight is 369 g/mol. The number of halogens is 2. The summed E-state index contributed by atoms with van der Waals surface area (Å²) in [5.41, 5.74) is 0.781. The minimum Gasteiger partial charge on any atom is -0.323 e. The Morgan fingerprint density at radius 1 is 1.07 bits per heavy atom. The van der Waals surface area contributed by atoms with Crippen LogP contribution in [-0.2, 0) is 11.3 Å². The molecule has 0 aliphatic carbocycles. The largest absolute Gasteiger partial charge is 0.323 e. The molecule has 3 heterocycles. The van der Waals surface area contributed by atoms with Crippen molar-refractivity contribution in [3.63, 3.8) is 0 Å². The van der Waals surface area contributed by atoms with E-state index in [0.29, 0.717) is 16.6 Å². The van der Waals surface area contributed by atoms with E-state index < -0.39 is 23.1 Å². The Labute approximate surface area is 150 Å². The summed E-state index contributed by atoms with van der Waals surface area (Å²) in [5, 5.41) is 6.52. The monoisotopic (exact) mass is 369 g/mol. The first kappa shape index (κ1) is 16.8. The Balaban J connectivity index is 1.67. The number of amides is 1. The number of rotatable bonds is 4. The molecule has 0 aliphatic rings. The van der Waals surface area contributed by atoms with Crippen LogP contribution >= 0.6 is 0 Å². The number of aryl methyl sites for hydroxylation is 1. The van der Waals surface area contributed by atoms with E-state index in [0.717, 1.165) is 6.20 Å². The molecule has 0 radical (unpaired) electrons. The van der Waals surface area contributed by atoms with E-state index >= 15 is 0 Å². The molecule has 1 N–H and O–H groups in total. The van der Waals surface area contributed by atoms with Gasteiger partial charge in [-0.25, -0.2) is 13.3 Å². The van der Waals surface area contributed by atoms with Crippen LogP contribution in [0, 0.1) is 11.6 Å². The molecule has 27 heavy (non-hydrogen) atoms. The molecular formula is C18H13F2N5O2. The number of nitrogens with zero attached hydrogens (tertiary/aromatic N) is 4. The zero-order valence-electron chi connectivity index (χ0n) is 13.9. The van der Waals surface area contributed by atoms with Gasteiger partial charge in [0.2, 0.25) is 5.91 Å². The molecule has 4 aromatic rings. The van der Waals surface area contributed by atoms with E-state index in [9.17, 15) is 18.4 Å². The number of carbonyl (C=O) groups excluding carboxylic acids is 1. The highest BCUT2D eigenvalue weighted by Gasteiger charge is 2.14. The Kier molecular flexibility index (Phi) is 4.11. The van der Waals surface area contributed by atoms with Gasteiger partial charge in [0.25, 0.3) is 5.56 Å². The van der Waals surface area contributed by atoms with Crippen molar-refractivity contribution >= 4 is 28.1 Å². The minimum atomic E-state index is -0.656. The molecule has 4 rings (SSSR count). The number of aromatic nitrogens is 4. The summed E-state index contributed by atoms with van der Waals surface area (Å²) >= 11 is 0. The predicted molar refractivity (Wildman–Crippen MR) is 94.4 cm³/mol. The number of hydrogen-bond acceptors (Lipinski definition) is 4. The Morgan fingerprint density at radius 3 is 2.74 bits per heavy atom. The summed E-state index contributed by atoms with van der Waals surface area (Å²) in [5.74, 6) is -1.65. The van der Waals surface area contributed by atoms with Gasteiger partial charge in [0.1, 0.15) is 11.3 Å². The number of nitrogens with one attached hydrogen (secondary N) is 1. The zero-order chi connectivity index (χ0) is 19.0. The van der Waals surface area contributed by atoms with Gasteiger partial charge in [-0.1, -0.05) is 0 Å². The molecule has 1 amide bonds. The lowest BCUT2D eigenvalue weighted by molar-refractivity contribution is -0.116. The second-order valence-electron chi connectivity index (χ2n) is 5.87. The average Bonchev–Trinajstić information content (AvgIpc) is 3.13. The molecule has 0 aliphatic heterocycles. The van der Waals surface area contributed by atoms with Crippen molar-refractivity contribution in [3.8, 4) is 0 Å². The topological polar surface area (TPSA) is 81.3 Å². The fourth-order valence-corrected chi connectivity index (χ4v) is 2.92. The van der Waals surface area contributed by atoms with E-state index in [1.54, 1.807) is 6.07 Å². The van der Waals surface area contributed by atoms with E-state index in [4.69, 9.17) is 0 Å². The molecule has 136 valence electrons. The van der Waals surface area contributed by atoms with Gasteiger partial charge in [-0.3, -0.25) is 14.6 Å². The SMILES string of the molecule is O=C(CCn1c(=O)c2ccnn2c2ccc(F)cc21)Nc1ccncc1F. The van der Waals surface area contributed by atoms with Crippen molar-refractivity contribution in [1.82, 2.24) is 19.2 Å². The fraction of sp³-hybridized carbons (Fsp3) is 0.111. The van der Waals surface area contributed by atoms with Gasteiger partial charge >= 0.3 is 0 Å². The summed E-state index contributed by atoms with van der Waals surface area (Å²) in [6.45, 7) is -0.000989. The lowest BCUT2D eigenvalue weighted by Gasteiger charge is -2.12. The summed E-state index contributed by atoms with van der Waals surface area (Å²) in [4.78, 5) is 28.5. The van der Waals surface area contributed by atoms with Crippen LogP contribution in [0.4, 0.5) is 14.5 Å². The molecule has 0 bridgehead atoms. The summed E-state index contributed by atoms with van der Waals surface area (Å²) < 4.78 is 30.1. The van der Waals surface area contributed by atoms with Gasteiger partial charge in [0.05, 0.1) is 29.1 Å². The summed E-state index contributed by atoms with van der Waals surface area (Å²) in [6.07, 6.45) is 3.72. The molecule has 0 saturated heterocycles. The first-order valence-electron chi connectivity index (χ1n) is 8.10. The first-order chi connectivity index (χ1) is 13.0. The van der Waals surface area contributed by atoms with Crippen molar-refractivity contribution in [1.29, 1.82) is 0 Å².